The van der Waals surface area contributed by atoms with Gasteiger partial charge in [0.1, 0.15) is 5.75 Å². The molecule has 0 amide bonds. The standard InChI is InChI=1S/C20H14O6/c21-17(13-25-19(22)15-5-2-1-3-6-15)14-8-10-16(11-9-14)26-20(23)18-7-4-12-24-18/h1-12H,13H2. The second-order valence-corrected chi connectivity index (χ2v) is 5.26. The Kier molecular flexibility index (Phi) is 5.24. The number of esters is 2. The van der Waals surface area contributed by atoms with Crippen molar-refractivity contribution in [2.45, 2.75) is 0 Å². The molecular formula is C20H14O6. The number of carbonyl (C=O) groups excluding carboxylic acids is 3. The minimum atomic E-state index is -0.633. The number of Topliss-reactive ketones (excluding diaryl/α,β-unsaturated/α-hetero) is 1. The Morgan fingerprint density at radius 3 is 2.15 bits per heavy atom. The van der Waals surface area contributed by atoms with Crippen molar-refractivity contribution < 1.29 is 28.3 Å². The van der Waals surface area contributed by atoms with E-state index >= 15 is 0 Å². The van der Waals surface area contributed by atoms with Crippen molar-refractivity contribution in [3.8, 4) is 5.75 Å². The summed E-state index contributed by atoms with van der Waals surface area (Å²) in [6, 6.07) is 17.4. The van der Waals surface area contributed by atoms with Crippen molar-refractivity contribution in [1.82, 2.24) is 0 Å². The van der Waals surface area contributed by atoms with Gasteiger partial charge in [0.05, 0.1) is 11.8 Å². The lowest BCUT2D eigenvalue weighted by Gasteiger charge is -2.06. The van der Waals surface area contributed by atoms with Gasteiger partial charge in [-0.2, -0.15) is 0 Å². The molecule has 0 radical (unpaired) electrons. The number of hydrogen-bond acceptors (Lipinski definition) is 6. The van der Waals surface area contributed by atoms with Gasteiger partial charge in [0.2, 0.25) is 5.76 Å². The van der Waals surface area contributed by atoms with Crippen LogP contribution in [0.4, 0.5) is 0 Å². The predicted molar refractivity (Wildman–Crippen MR) is 91.2 cm³/mol. The first-order valence-electron chi connectivity index (χ1n) is 7.74. The van der Waals surface area contributed by atoms with Crippen LogP contribution in [0.1, 0.15) is 31.3 Å². The summed E-state index contributed by atoms with van der Waals surface area (Å²) in [6.07, 6.45) is 1.37. The van der Waals surface area contributed by atoms with Crippen molar-refractivity contribution >= 4 is 17.7 Å². The van der Waals surface area contributed by atoms with Gasteiger partial charge in [-0.05, 0) is 48.5 Å². The van der Waals surface area contributed by atoms with Crippen LogP contribution in [0.3, 0.4) is 0 Å². The third kappa shape index (κ3) is 4.24. The molecule has 3 aromatic rings. The van der Waals surface area contributed by atoms with Gasteiger partial charge in [0.25, 0.3) is 0 Å². The summed E-state index contributed by atoms with van der Waals surface area (Å²) < 4.78 is 15.1. The molecule has 0 unspecified atom stereocenters. The summed E-state index contributed by atoms with van der Waals surface area (Å²) in [6.45, 7) is -0.376. The lowest BCUT2D eigenvalue weighted by atomic mass is 10.1. The largest absolute Gasteiger partial charge is 0.457 e. The maximum atomic E-state index is 12.1. The van der Waals surface area contributed by atoms with E-state index in [0.717, 1.165) is 0 Å². The van der Waals surface area contributed by atoms with Crippen LogP contribution in [-0.4, -0.2) is 24.3 Å². The average Bonchev–Trinajstić information content (AvgIpc) is 3.22. The van der Waals surface area contributed by atoms with Crippen molar-refractivity contribution in [1.29, 1.82) is 0 Å². The molecule has 1 aromatic heterocycles. The SMILES string of the molecule is O=C(COC(=O)c1ccccc1)c1ccc(OC(=O)c2ccco2)cc1. The van der Waals surface area contributed by atoms with Crippen molar-refractivity contribution in [3.05, 3.63) is 89.9 Å². The first-order valence-corrected chi connectivity index (χ1v) is 7.74. The number of hydrogen-bond donors (Lipinski definition) is 0. The number of ether oxygens (including phenoxy) is 2. The van der Waals surface area contributed by atoms with Crippen LogP contribution < -0.4 is 4.74 Å². The highest BCUT2D eigenvalue weighted by molar-refractivity contribution is 5.99. The van der Waals surface area contributed by atoms with Crippen molar-refractivity contribution in [2.24, 2.45) is 0 Å². The summed E-state index contributed by atoms with van der Waals surface area (Å²) in [5.74, 6) is -1.21. The van der Waals surface area contributed by atoms with E-state index in [9.17, 15) is 14.4 Å². The summed E-state index contributed by atoms with van der Waals surface area (Å²) in [5, 5.41) is 0. The normalized spacial score (nSPS) is 10.2. The van der Waals surface area contributed by atoms with Crippen LogP contribution in [0.25, 0.3) is 0 Å². The molecule has 0 spiro atoms. The molecule has 0 fully saturated rings. The molecule has 2 aromatic carbocycles. The molecule has 3 rings (SSSR count). The first kappa shape index (κ1) is 17.2. The Labute approximate surface area is 149 Å². The number of carbonyl (C=O) groups is 3. The third-order valence-electron chi connectivity index (χ3n) is 3.45. The van der Waals surface area contributed by atoms with Gasteiger partial charge >= 0.3 is 11.9 Å². The van der Waals surface area contributed by atoms with Gasteiger partial charge in [-0.15, -0.1) is 0 Å². The van der Waals surface area contributed by atoms with Crippen LogP contribution in [0.5, 0.6) is 5.75 Å². The van der Waals surface area contributed by atoms with Crippen molar-refractivity contribution in [2.75, 3.05) is 6.61 Å². The molecule has 0 N–H and O–H groups in total. The molecule has 1 heterocycles. The quantitative estimate of drug-likeness (QED) is 0.384. The van der Waals surface area contributed by atoms with E-state index in [0.29, 0.717) is 11.1 Å². The molecule has 0 saturated carbocycles. The lowest BCUT2D eigenvalue weighted by molar-refractivity contribution is 0.0474. The highest BCUT2D eigenvalue weighted by atomic mass is 16.5. The molecule has 26 heavy (non-hydrogen) atoms. The molecule has 0 atom stereocenters. The Hall–Kier alpha value is -3.67. The van der Waals surface area contributed by atoms with E-state index in [1.165, 1.54) is 36.6 Å². The van der Waals surface area contributed by atoms with E-state index in [1.54, 1.807) is 36.4 Å². The van der Waals surface area contributed by atoms with Gasteiger partial charge in [-0.3, -0.25) is 4.79 Å². The molecule has 6 nitrogen and oxygen atoms in total. The summed E-state index contributed by atoms with van der Waals surface area (Å²) in [7, 11) is 0. The van der Waals surface area contributed by atoms with Gasteiger partial charge in [0, 0.05) is 5.56 Å². The van der Waals surface area contributed by atoms with Crippen LogP contribution >= 0.6 is 0 Å². The predicted octanol–water partition coefficient (Wildman–Crippen LogP) is 3.54. The van der Waals surface area contributed by atoms with E-state index in [2.05, 4.69) is 0 Å². The minimum absolute atomic E-state index is 0.0815. The van der Waals surface area contributed by atoms with Crippen molar-refractivity contribution in [3.63, 3.8) is 0 Å². The van der Waals surface area contributed by atoms with Gasteiger partial charge in [0.15, 0.2) is 12.4 Å². The maximum absolute atomic E-state index is 12.1. The third-order valence-corrected chi connectivity index (χ3v) is 3.45. The summed E-state index contributed by atoms with van der Waals surface area (Å²) in [5.41, 5.74) is 0.712. The molecule has 130 valence electrons. The molecular weight excluding hydrogens is 336 g/mol. The van der Waals surface area contributed by atoms with E-state index in [4.69, 9.17) is 13.9 Å². The highest BCUT2D eigenvalue weighted by Gasteiger charge is 2.14. The Morgan fingerprint density at radius 2 is 1.50 bits per heavy atom. The fraction of sp³-hybridized carbons (Fsp3) is 0.0500. The second-order valence-electron chi connectivity index (χ2n) is 5.26. The molecule has 6 heteroatoms. The first-order chi connectivity index (χ1) is 12.6. The number of benzene rings is 2. The second kappa shape index (κ2) is 7.94. The van der Waals surface area contributed by atoms with Crippen LogP contribution in [0, 0.1) is 0 Å². The fourth-order valence-electron chi connectivity index (χ4n) is 2.13. The molecule has 0 aliphatic carbocycles. The Morgan fingerprint density at radius 1 is 0.769 bits per heavy atom. The number of furan rings is 1. The zero-order valence-electron chi connectivity index (χ0n) is 13.6. The van der Waals surface area contributed by atoms with E-state index in [-0.39, 0.29) is 23.9 Å². The Bertz CT molecular complexity index is 895. The minimum Gasteiger partial charge on any atom is -0.457 e. The smallest absolute Gasteiger partial charge is 0.379 e. The maximum Gasteiger partial charge on any atom is 0.379 e. The molecule has 0 bridgehead atoms. The van der Waals surface area contributed by atoms with Crippen LogP contribution in [0.2, 0.25) is 0 Å². The zero-order chi connectivity index (χ0) is 18.4. The lowest BCUT2D eigenvalue weighted by Crippen LogP contribution is -2.14. The highest BCUT2D eigenvalue weighted by Crippen LogP contribution is 2.15. The van der Waals surface area contributed by atoms with E-state index in [1.807, 2.05) is 0 Å². The summed E-state index contributed by atoms with van der Waals surface area (Å²) in [4.78, 5) is 35.7. The van der Waals surface area contributed by atoms with Crippen LogP contribution in [-0.2, 0) is 4.74 Å². The topological polar surface area (TPSA) is 82.8 Å². The van der Waals surface area contributed by atoms with Crippen LogP contribution in [0.15, 0.2) is 77.4 Å². The molecule has 0 saturated heterocycles. The number of ketones is 1. The van der Waals surface area contributed by atoms with Gasteiger partial charge < -0.3 is 13.9 Å². The average molecular weight is 350 g/mol. The number of rotatable bonds is 6. The van der Waals surface area contributed by atoms with Gasteiger partial charge in [-0.1, -0.05) is 18.2 Å². The Balaban J connectivity index is 1.55. The monoisotopic (exact) mass is 350 g/mol. The fourth-order valence-corrected chi connectivity index (χ4v) is 2.13. The molecule has 0 aliphatic heterocycles. The molecule has 0 aliphatic rings. The summed E-state index contributed by atoms with van der Waals surface area (Å²) >= 11 is 0. The zero-order valence-corrected chi connectivity index (χ0v) is 13.6. The van der Waals surface area contributed by atoms with E-state index < -0.39 is 11.9 Å². The van der Waals surface area contributed by atoms with Gasteiger partial charge in [-0.25, -0.2) is 9.59 Å².